The smallest absolute Gasteiger partial charge is 0.339 e. The molecule has 20 heteroatoms. The fraction of sp³-hybridized carbons (Fsp3) is 0.364. The fourth-order valence-corrected chi connectivity index (χ4v) is 5.27. The van der Waals surface area contributed by atoms with Crippen molar-refractivity contribution >= 4 is 34.8 Å². The number of nitrogens with zero attached hydrogens (tertiary/aromatic N) is 4. The first-order valence-electron chi connectivity index (χ1n) is 16.1. The number of carbonyl (C=O) groups excluding carboxylic acids is 2. The lowest BCUT2D eigenvalue weighted by Crippen LogP contribution is -2.29. The van der Waals surface area contributed by atoms with Crippen molar-refractivity contribution in [3.63, 3.8) is 0 Å². The number of rotatable bonds is 5. The van der Waals surface area contributed by atoms with Gasteiger partial charge in [-0.15, -0.1) is 0 Å². The van der Waals surface area contributed by atoms with E-state index in [2.05, 4.69) is 5.32 Å². The number of β-amino-alcohol motifs (C(OH)–C–C–N with tert-alkyl or cyclic N) is 3. The number of nitro benzene ring substituents is 2. The van der Waals surface area contributed by atoms with Crippen LogP contribution in [0.25, 0.3) is 0 Å². The number of aromatic carboxylic acids is 1. The number of carboxylic acid groups (broad SMARTS) is 1. The van der Waals surface area contributed by atoms with Gasteiger partial charge in [-0.25, -0.2) is 4.79 Å². The Labute approximate surface area is 301 Å². The maximum absolute atomic E-state index is 12.0. The van der Waals surface area contributed by atoms with E-state index < -0.39 is 62.4 Å². The molecule has 3 aliphatic rings. The predicted octanol–water partition coefficient (Wildman–Crippen LogP) is 1.03. The minimum atomic E-state index is -1.40. The van der Waals surface area contributed by atoms with E-state index in [0.717, 1.165) is 37.7 Å². The number of benzene rings is 3. The Balaban J connectivity index is 0.000000200. The van der Waals surface area contributed by atoms with Crippen LogP contribution in [0.5, 0.6) is 17.2 Å². The number of nitrogens with one attached hydrogen (secondary N) is 1. The second-order valence-corrected chi connectivity index (χ2v) is 11.9. The van der Waals surface area contributed by atoms with E-state index >= 15 is 0 Å². The Morgan fingerprint density at radius 3 is 1.47 bits per heavy atom. The molecular formula is C33H40N6O14. The number of aromatic hydroxyl groups is 3. The molecule has 3 saturated heterocycles. The highest BCUT2D eigenvalue weighted by Gasteiger charge is 2.30. The number of carbonyl (C=O) groups is 3. The quantitative estimate of drug-likeness (QED) is 0.0762. The number of phenolic OH excluding ortho intramolecular Hbond substituents is 2. The summed E-state index contributed by atoms with van der Waals surface area (Å²) >= 11 is 0. The molecule has 0 radical (unpaired) electrons. The number of aliphatic hydroxyl groups is 3. The van der Waals surface area contributed by atoms with Crippen molar-refractivity contribution in [1.29, 1.82) is 0 Å². The predicted molar refractivity (Wildman–Crippen MR) is 186 cm³/mol. The summed E-state index contributed by atoms with van der Waals surface area (Å²) in [6.07, 6.45) is 0.878. The van der Waals surface area contributed by atoms with Gasteiger partial charge in [0.1, 0.15) is 5.56 Å². The van der Waals surface area contributed by atoms with Crippen LogP contribution >= 0.6 is 0 Å². The van der Waals surface area contributed by atoms with E-state index in [-0.39, 0.29) is 41.1 Å². The van der Waals surface area contributed by atoms with Crippen LogP contribution in [0.4, 0.5) is 17.1 Å². The lowest BCUT2D eigenvalue weighted by Gasteiger charge is -2.16. The minimum Gasteiger partial charge on any atom is -0.505 e. The van der Waals surface area contributed by atoms with Crippen LogP contribution in [0.15, 0.2) is 54.6 Å². The molecule has 286 valence electrons. The highest BCUT2D eigenvalue weighted by atomic mass is 16.6. The maximum Gasteiger partial charge on any atom is 0.339 e. The Morgan fingerprint density at radius 2 is 1.11 bits per heavy atom. The Hall–Kier alpha value is -6.09. The van der Waals surface area contributed by atoms with Crippen molar-refractivity contribution in [2.45, 2.75) is 37.6 Å². The molecule has 3 atom stereocenters. The summed E-state index contributed by atoms with van der Waals surface area (Å²) in [6.45, 7) is 3.16. The summed E-state index contributed by atoms with van der Waals surface area (Å²) in [5.74, 6) is -3.84. The lowest BCUT2D eigenvalue weighted by atomic mass is 10.1. The second kappa shape index (κ2) is 18.9. The van der Waals surface area contributed by atoms with Gasteiger partial charge in [0, 0.05) is 44.9 Å². The van der Waals surface area contributed by atoms with Gasteiger partial charge in [0.2, 0.25) is 11.5 Å². The molecule has 3 aliphatic heterocycles. The van der Waals surface area contributed by atoms with E-state index in [9.17, 15) is 55.0 Å². The number of phenols is 3. The first-order chi connectivity index (χ1) is 25.0. The van der Waals surface area contributed by atoms with Gasteiger partial charge in [-0.1, -0.05) is 18.2 Å². The Morgan fingerprint density at radius 1 is 0.679 bits per heavy atom. The molecule has 53 heavy (non-hydrogen) atoms. The van der Waals surface area contributed by atoms with Crippen LogP contribution in [-0.2, 0) is 0 Å². The average molecular weight is 745 g/mol. The van der Waals surface area contributed by atoms with Crippen molar-refractivity contribution in [1.82, 2.24) is 15.1 Å². The van der Waals surface area contributed by atoms with Gasteiger partial charge in [0.15, 0.2) is 5.75 Å². The zero-order valence-electron chi connectivity index (χ0n) is 28.1. The summed E-state index contributed by atoms with van der Waals surface area (Å²) in [5, 5.41) is 88.2. The minimum absolute atomic E-state index is 0.0648. The van der Waals surface area contributed by atoms with Gasteiger partial charge in [0.05, 0.1) is 45.0 Å². The van der Waals surface area contributed by atoms with Gasteiger partial charge in [-0.05, 0) is 50.1 Å². The van der Waals surface area contributed by atoms with Gasteiger partial charge in [-0.3, -0.25) is 29.8 Å². The third-order valence-corrected chi connectivity index (χ3v) is 8.12. The molecule has 3 aromatic rings. The zero-order valence-corrected chi connectivity index (χ0v) is 28.1. The highest BCUT2D eigenvalue weighted by molar-refractivity contribution is 5.99. The molecule has 10 N–H and O–H groups in total. The summed E-state index contributed by atoms with van der Waals surface area (Å²) in [7, 11) is 0. The molecule has 0 aliphatic carbocycles. The van der Waals surface area contributed by atoms with Crippen LogP contribution in [0.3, 0.4) is 0 Å². The second-order valence-electron chi connectivity index (χ2n) is 11.9. The number of amides is 2. The number of aliphatic hydroxyl groups excluding tert-OH is 3. The molecule has 0 bridgehead atoms. The molecule has 0 saturated carbocycles. The van der Waals surface area contributed by atoms with Gasteiger partial charge < -0.3 is 56.6 Å². The molecule has 3 fully saturated rings. The molecule has 20 nitrogen and oxygen atoms in total. The fourth-order valence-electron chi connectivity index (χ4n) is 5.27. The van der Waals surface area contributed by atoms with Crippen molar-refractivity contribution in [3.05, 3.63) is 91.5 Å². The number of hydrogen-bond acceptors (Lipinski definition) is 15. The van der Waals surface area contributed by atoms with Crippen LogP contribution in [0, 0.1) is 20.2 Å². The number of likely N-dealkylation sites (tertiary alicyclic amines) is 2. The normalized spacial score (nSPS) is 18.7. The standard InChI is InChI=1S/C11H12N2O5.C11H14N2O3.C7H5NO5.C4H9NO/c14-7-4-5-12(6-7)11(16)8-2-1-3-9(10(8)15)13(17)18;12-9-3-1-2-8(10(9)15)11(16)13-5-4-7(14)6-13;9-6-4(7(10)11)2-1-3-5(6)8(12)13;6-4-1-2-5-3-4/h1-3,7,14-15H,4-6H2;1-3,7,14-15H,4-6,12H2;1-3,9H,(H,10,11);4-6H,1-3H2/t2*7-;;4-/m00.0/s1. The van der Waals surface area contributed by atoms with Gasteiger partial charge >= 0.3 is 17.3 Å². The third kappa shape index (κ3) is 11.2. The average Bonchev–Trinajstić information content (AvgIpc) is 3.89. The molecule has 2 amide bonds. The summed E-state index contributed by atoms with van der Waals surface area (Å²) in [5.41, 5.74) is 4.19. The van der Waals surface area contributed by atoms with E-state index in [0.29, 0.717) is 32.5 Å². The number of nitrogens with two attached hydrogens (primary N) is 1. The molecule has 3 heterocycles. The molecule has 0 spiro atoms. The van der Waals surface area contributed by atoms with Crippen LogP contribution < -0.4 is 11.1 Å². The molecule has 0 unspecified atom stereocenters. The topological polar surface area (TPSA) is 324 Å². The summed E-state index contributed by atoms with van der Waals surface area (Å²) < 4.78 is 0. The van der Waals surface area contributed by atoms with Crippen LogP contribution in [0.1, 0.15) is 50.3 Å². The molecule has 0 aromatic heterocycles. The van der Waals surface area contributed by atoms with Crippen molar-refractivity contribution in [3.8, 4) is 17.2 Å². The van der Waals surface area contributed by atoms with E-state index in [4.69, 9.17) is 21.1 Å². The Kier molecular flexibility index (Phi) is 14.8. The summed E-state index contributed by atoms with van der Waals surface area (Å²) in [6, 6.07) is 11.8. The number of hydrogen-bond donors (Lipinski definition) is 9. The van der Waals surface area contributed by atoms with Gasteiger partial charge in [0.25, 0.3) is 11.8 Å². The maximum atomic E-state index is 12.0. The third-order valence-electron chi connectivity index (χ3n) is 8.12. The van der Waals surface area contributed by atoms with E-state index in [1.807, 2.05) is 0 Å². The van der Waals surface area contributed by atoms with E-state index in [1.165, 1.54) is 40.1 Å². The largest absolute Gasteiger partial charge is 0.505 e. The van der Waals surface area contributed by atoms with E-state index in [1.54, 1.807) is 6.07 Å². The first-order valence-corrected chi connectivity index (χ1v) is 16.1. The SMILES string of the molecule is Nc1cccc(C(=O)N2CC[C@H](O)C2)c1O.O=C(O)c1cccc([N+](=O)[O-])c1O.O=C(c1cccc([N+](=O)[O-])c1O)N1CC[C@H](O)C1.O[C@H]1CCNC1. The highest BCUT2D eigenvalue weighted by Crippen LogP contribution is 2.31. The lowest BCUT2D eigenvalue weighted by molar-refractivity contribution is -0.386. The number of nitro groups is 2. The zero-order chi connectivity index (χ0) is 39.4. The number of nitrogen functional groups attached to an aromatic ring is 1. The van der Waals surface area contributed by atoms with Crippen LogP contribution in [-0.4, -0.2) is 131 Å². The van der Waals surface area contributed by atoms with Crippen LogP contribution in [0.2, 0.25) is 0 Å². The first kappa shape index (κ1) is 41.3. The number of anilines is 1. The van der Waals surface area contributed by atoms with Crippen molar-refractivity contribution < 1.29 is 60.0 Å². The monoisotopic (exact) mass is 744 g/mol. The molecule has 6 rings (SSSR count). The van der Waals surface area contributed by atoms with Crippen molar-refractivity contribution in [2.24, 2.45) is 0 Å². The number of carboxylic acids is 1. The molecular weight excluding hydrogens is 704 g/mol. The number of para-hydroxylation sites is 3. The molecule has 3 aromatic carbocycles. The van der Waals surface area contributed by atoms with Crippen molar-refractivity contribution in [2.75, 3.05) is 45.0 Å². The van der Waals surface area contributed by atoms with Gasteiger partial charge in [-0.2, -0.15) is 0 Å². The Bertz CT molecular complexity index is 1770. The summed E-state index contributed by atoms with van der Waals surface area (Å²) in [4.78, 5) is 56.6.